The maximum Gasteiger partial charge on any atom is 0.234 e. The Morgan fingerprint density at radius 2 is 2.00 bits per heavy atom. The summed E-state index contributed by atoms with van der Waals surface area (Å²) in [4.78, 5) is 16.1. The smallest absolute Gasteiger partial charge is 0.234 e. The van der Waals surface area contributed by atoms with E-state index in [4.69, 9.17) is 23.2 Å². The van der Waals surface area contributed by atoms with Gasteiger partial charge in [0.1, 0.15) is 0 Å². The average Bonchev–Trinajstić information content (AvgIpc) is 3.05. The molecule has 0 bridgehead atoms. The number of anilines is 1. The molecule has 9 heteroatoms. The van der Waals surface area contributed by atoms with Crippen molar-refractivity contribution in [2.75, 3.05) is 11.1 Å². The number of carbonyl (C=O) groups excluding carboxylic acids is 1. The van der Waals surface area contributed by atoms with Crippen molar-refractivity contribution < 1.29 is 4.79 Å². The van der Waals surface area contributed by atoms with E-state index in [9.17, 15) is 4.79 Å². The van der Waals surface area contributed by atoms with Gasteiger partial charge in [-0.1, -0.05) is 47.1 Å². The molecular formula is C17H15Cl2N5OS. The lowest BCUT2D eigenvalue weighted by Gasteiger charge is -2.09. The highest BCUT2D eigenvalue weighted by Crippen LogP contribution is 2.29. The summed E-state index contributed by atoms with van der Waals surface area (Å²) in [5, 5.41) is 12.7. The van der Waals surface area contributed by atoms with Crippen molar-refractivity contribution in [1.82, 2.24) is 19.7 Å². The summed E-state index contributed by atoms with van der Waals surface area (Å²) in [6.07, 6.45) is 1.56. The van der Waals surface area contributed by atoms with Crippen LogP contribution in [0.1, 0.15) is 6.92 Å². The molecule has 1 amide bonds. The number of amides is 1. The van der Waals surface area contributed by atoms with Gasteiger partial charge in [-0.15, -0.1) is 10.2 Å². The fourth-order valence-corrected chi connectivity index (χ4v) is 3.51. The Hall–Kier alpha value is -2.09. The molecule has 3 aromatic rings. The van der Waals surface area contributed by atoms with Crippen molar-refractivity contribution in [2.45, 2.75) is 18.6 Å². The summed E-state index contributed by atoms with van der Waals surface area (Å²) in [6, 6.07) is 10.9. The van der Waals surface area contributed by atoms with Gasteiger partial charge in [0, 0.05) is 18.3 Å². The number of nitrogens with one attached hydrogen (secondary N) is 1. The summed E-state index contributed by atoms with van der Waals surface area (Å²) in [6.45, 7) is 2.65. The normalized spacial score (nSPS) is 10.7. The third-order valence-electron chi connectivity index (χ3n) is 3.51. The van der Waals surface area contributed by atoms with Crippen LogP contribution in [0.25, 0.3) is 11.4 Å². The van der Waals surface area contributed by atoms with Gasteiger partial charge in [0.2, 0.25) is 5.91 Å². The van der Waals surface area contributed by atoms with Crippen LogP contribution < -0.4 is 5.32 Å². The summed E-state index contributed by atoms with van der Waals surface area (Å²) in [7, 11) is 0. The van der Waals surface area contributed by atoms with Gasteiger partial charge in [-0.2, -0.15) is 0 Å². The Labute approximate surface area is 164 Å². The van der Waals surface area contributed by atoms with Gasteiger partial charge in [-0.25, -0.2) is 4.98 Å². The van der Waals surface area contributed by atoms with E-state index in [2.05, 4.69) is 20.5 Å². The Kier molecular flexibility index (Phi) is 6.13. The Balaban J connectivity index is 1.72. The number of rotatable bonds is 6. The number of benzene rings is 1. The molecule has 1 aromatic carbocycles. The van der Waals surface area contributed by atoms with E-state index >= 15 is 0 Å². The van der Waals surface area contributed by atoms with Gasteiger partial charge in [-0.3, -0.25) is 4.79 Å². The largest absolute Gasteiger partial charge is 0.323 e. The second-order valence-electron chi connectivity index (χ2n) is 5.21. The molecule has 2 aromatic heterocycles. The van der Waals surface area contributed by atoms with Crippen LogP contribution in [0.5, 0.6) is 0 Å². The first kappa shape index (κ1) is 18.7. The van der Waals surface area contributed by atoms with Gasteiger partial charge in [0.15, 0.2) is 16.1 Å². The second-order valence-corrected chi connectivity index (χ2v) is 6.92. The van der Waals surface area contributed by atoms with Crippen molar-refractivity contribution in [2.24, 2.45) is 0 Å². The first-order valence-electron chi connectivity index (χ1n) is 7.81. The topological polar surface area (TPSA) is 72.7 Å². The van der Waals surface area contributed by atoms with Gasteiger partial charge in [0.25, 0.3) is 0 Å². The van der Waals surface area contributed by atoms with Gasteiger partial charge >= 0.3 is 0 Å². The third-order valence-corrected chi connectivity index (χ3v) is 5.11. The molecule has 0 saturated heterocycles. The summed E-state index contributed by atoms with van der Waals surface area (Å²) in [5.74, 6) is 0.650. The quantitative estimate of drug-likeness (QED) is 0.484. The summed E-state index contributed by atoms with van der Waals surface area (Å²) in [5.41, 5.74) is 1.29. The SMILES string of the molecule is CCn1c(SCC(=O)Nc2cccnc2Cl)nnc1-c1ccccc1Cl. The molecule has 0 saturated carbocycles. The number of halogens is 2. The molecule has 0 aliphatic carbocycles. The molecule has 0 spiro atoms. The van der Waals surface area contributed by atoms with Crippen LogP contribution in [0.2, 0.25) is 10.2 Å². The van der Waals surface area contributed by atoms with E-state index in [0.29, 0.717) is 28.2 Å². The molecular weight excluding hydrogens is 393 g/mol. The van der Waals surface area contributed by atoms with Crippen LogP contribution in [-0.2, 0) is 11.3 Å². The first-order valence-corrected chi connectivity index (χ1v) is 9.55. The molecule has 1 N–H and O–H groups in total. The van der Waals surface area contributed by atoms with Crippen LogP contribution in [-0.4, -0.2) is 31.4 Å². The van der Waals surface area contributed by atoms with Crippen LogP contribution in [0.15, 0.2) is 47.8 Å². The van der Waals surface area contributed by atoms with Crippen molar-refractivity contribution in [3.05, 3.63) is 52.8 Å². The van der Waals surface area contributed by atoms with Crippen molar-refractivity contribution in [3.8, 4) is 11.4 Å². The molecule has 134 valence electrons. The summed E-state index contributed by atoms with van der Waals surface area (Å²) < 4.78 is 1.93. The molecule has 26 heavy (non-hydrogen) atoms. The molecule has 0 radical (unpaired) electrons. The highest BCUT2D eigenvalue weighted by molar-refractivity contribution is 7.99. The zero-order chi connectivity index (χ0) is 18.5. The fourth-order valence-electron chi connectivity index (χ4n) is 2.32. The van der Waals surface area contributed by atoms with Gasteiger partial charge in [0.05, 0.1) is 16.5 Å². The van der Waals surface area contributed by atoms with Crippen molar-refractivity contribution in [1.29, 1.82) is 0 Å². The van der Waals surface area contributed by atoms with Crippen molar-refractivity contribution in [3.63, 3.8) is 0 Å². The van der Waals surface area contributed by atoms with Crippen LogP contribution in [0.4, 0.5) is 5.69 Å². The van der Waals surface area contributed by atoms with E-state index in [1.54, 1.807) is 18.3 Å². The standard InChI is InChI=1S/C17H15Cl2N5OS/c1-2-24-16(11-6-3-4-7-12(11)18)22-23-17(24)26-10-14(25)21-13-8-5-9-20-15(13)19/h3-9H,2,10H2,1H3,(H,21,25). The molecule has 0 fully saturated rings. The zero-order valence-corrected chi connectivity index (χ0v) is 16.1. The van der Waals surface area contributed by atoms with E-state index in [-0.39, 0.29) is 16.8 Å². The predicted octanol–water partition coefficient (Wildman–Crippen LogP) is 4.40. The number of hydrogen-bond acceptors (Lipinski definition) is 5. The Morgan fingerprint density at radius 3 is 2.73 bits per heavy atom. The monoisotopic (exact) mass is 407 g/mol. The Morgan fingerprint density at radius 1 is 1.19 bits per heavy atom. The highest BCUT2D eigenvalue weighted by Gasteiger charge is 2.16. The maximum atomic E-state index is 12.2. The molecule has 3 rings (SSSR count). The second kappa shape index (κ2) is 8.53. The average molecular weight is 408 g/mol. The minimum atomic E-state index is -0.199. The van der Waals surface area contributed by atoms with E-state index in [1.165, 1.54) is 11.8 Å². The molecule has 6 nitrogen and oxygen atoms in total. The minimum absolute atomic E-state index is 0.172. The number of pyridine rings is 1. The molecule has 0 atom stereocenters. The predicted molar refractivity (Wildman–Crippen MR) is 105 cm³/mol. The number of thioether (sulfide) groups is 1. The highest BCUT2D eigenvalue weighted by atomic mass is 35.5. The van der Waals surface area contributed by atoms with E-state index < -0.39 is 0 Å². The molecule has 0 unspecified atom stereocenters. The van der Waals surface area contributed by atoms with Crippen molar-refractivity contribution >= 4 is 46.6 Å². The number of carbonyl (C=O) groups is 1. The maximum absolute atomic E-state index is 12.2. The van der Waals surface area contributed by atoms with E-state index in [1.807, 2.05) is 35.8 Å². The lowest BCUT2D eigenvalue weighted by atomic mass is 10.2. The minimum Gasteiger partial charge on any atom is -0.323 e. The molecule has 0 aliphatic rings. The number of hydrogen-bond donors (Lipinski definition) is 1. The van der Waals surface area contributed by atoms with Crippen LogP contribution in [0, 0.1) is 0 Å². The van der Waals surface area contributed by atoms with Gasteiger partial charge in [-0.05, 0) is 31.2 Å². The van der Waals surface area contributed by atoms with Crippen LogP contribution in [0.3, 0.4) is 0 Å². The zero-order valence-electron chi connectivity index (χ0n) is 13.8. The van der Waals surface area contributed by atoms with Gasteiger partial charge < -0.3 is 9.88 Å². The lowest BCUT2D eigenvalue weighted by molar-refractivity contribution is -0.113. The number of nitrogens with zero attached hydrogens (tertiary/aromatic N) is 4. The third kappa shape index (κ3) is 4.17. The Bertz CT molecular complexity index is 931. The number of aromatic nitrogens is 4. The lowest BCUT2D eigenvalue weighted by Crippen LogP contribution is -2.15. The fraction of sp³-hybridized carbons (Fsp3) is 0.176. The molecule has 0 aliphatic heterocycles. The van der Waals surface area contributed by atoms with Crippen LogP contribution >= 0.6 is 35.0 Å². The summed E-state index contributed by atoms with van der Waals surface area (Å²) >= 11 is 13.5. The van der Waals surface area contributed by atoms with E-state index in [0.717, 1.165) is 5.56 Å². The molecule has 2 heterocycles. The first-order chi connectivity index (χ1) is 12.6.